The molecule has 0 bridgehead atoms. The second kappa shape index (κ2) is 11.3. The number of hydrogen-bond acceptors (Lipinski definition) is 4. The molecule has 1 amide bonds. The van der Waals surface area contributed by atoms with Gasteiger partial charge in [-0.2, -0.15) is 17.6 Å². The lowest BCUT2D eigenvalue weighted by molar-refractivity contribution is -0.138. The molecule has 2 N–H and O–H groups in total. The summed E-state index contributed by atoms with van der Waals surface area (Å²) in [6, 6.07) is 12.2. The zero-order valence-corrected chi connectivity index (χ0v) is 21.6. The lowest BCUT2D eigenvalue weighted by Crippen LogP contribution is -2.21. The third-order valence-corrected chi connectivity index (χ3v) is 6.66. The largest absolute Gasteiger partial charge is 0.416 e. The van der Waals surface area contributed by atoms with Crippen LogP contribution in [0.2, 0.25) is 0 Å². The number of nitrogens with one attached hydrogen (secondary N) is 2. The molecule has 2 aromatic heterocycles. The number of carbonyl (C=O) groups is 1. The number of likely N-dealkylation sites (tertiary alicyclic amines) is 1. The number of aromatic nitrogens is 3. The van der Waals surface area contributed by atoms with E-state index in [1.165, 1.54) is 18.3 Å². The van der Waals surface area contributed by atoms with E-state index in [2.05, 4.69) is 32.1 Å². The molecule has 10 heteroatoms. The number of aryl methyl sites for hydroxylation is 1. The zero-order valence-electron chi connectivity index (χ0n) is 21.6. The molecule has 1 saturated heterocycles. The number of aromatic amines is 1. The fourth-order valence-corrected chi connectivity index (χ4v) is 4.52. The van der Waals surface area contributed by atoms with Crippen molar-refractivity contribution in [3.63, 3.8) is 0 Å². The molecule has 204 valence electrons. The van der Waals surface area contributed by atoms with Crippen molar-refractivity contribution >= 4 is 11.6 Å². The highest BCUT2D eigenvalue weighted by molar-refractivity contribution is 6.04. The summed E-state index contributed by atoms with van der Waals surface area (Å²) in [6.07, 6.45) is 0.0195. The SMILES string of the molecule is Cc1ccc(C(=O)Nc2ccc(CN3CCCC3)c(C(F)(F)F)c2)cc1C#Cc1ccc(-c2ncc(F)[nH]2)nc1. The van der Waals surface area contributed by atoms with Crippen LogP contribution in [-0.4, -0.2) is 38.8 Å². The standard InChI is InChI=1S/C30H25F4N5O/c1-19-4-7-22(14-21(19)8-5-20-6-11-26(35-16-20)28-36-17-27(31)38-28)29(40)37-24-10-9-23(18-39-12-2-3-13-39)25(15-24)30(32,33)34/h4,6-7,9-11,14-17H,2-3,12-13,18H2,1H3,(H,36,38)(H,37,40). The maximum absolute atomic E-state index is 13.8. The van der Waals surface area contributed by atoms with Crippen molar-refractivity contribution in [1.82, 2.24) is 19.9 Å². The van der Waals surface area contributed by atoms with Crippen LogP contribution in [0.5, 0.6) is 0 Å². The molecular formula is C30H25F4N5O. The smallest absolute Gasteiger partial charge is 0.322 e. The number of rotatable bonds is 5. The van der Waals surface area contributed by atoms with E-state index < -0.39 is 23.6 Å². The van der Waals surface area contributed by atoms with Gasteiger partial charge in [-0.15, -0.1) is 0 Å². The van der Waals surface area contributed by atoms with Crippen LogP contribution in [-0.2, 0) is 12.7 Å². The summed E-state index contributed by atoms with van der Waals surface area (Å²) in [4.78, 5) is 25.6. The van der Waals surface area contributed by atoms with Gasteiger partial charge in [0.25, 0.3) is 5.91 Å². The predicted molar refractivity (Wildman–Crippen MR) is 143 cm³/mol. The first-order chi connectivity index (χ1) is 19.2. The highest BCUT2D eigenvalue weighted by Crippen LogP contribution is 2.35. The van der Waals surface area contributed by atoms with Crippen molar-refractivity contribution in [2.45, 2.75) is 32.5 Å². The molecule has 2 aromatic carbocycles. The lowest BCUT2D eigenvalue weighted by atomic mass is 10.0. The molecule has 40 heavy (non-hydrogen) atoms. The van der Waals surface area contributed by atoms with Crippen molar-refractivity contribution in [3.05, 3.63) is 100 Å². The summed E-state index contributed by atoms with van der Waals surface area (Å²) in [5, 5.41) is 2.59. The van der Waals surface area contributed by atoms with Gasteiger partial charge in [0, 0.05) is 35.1 Å². The summed E-state index contributed by atoms with van der Waals surface area (Å²) in [7, 11) is 0. The number of alkyl halides is 3. The van der Waals surface area contributed by atoms with E-state index in [-0.39, 0.29) is 23.4 Å². The Labute approximate surface area is 228 Å². The third-order valence-electron chi connectivity index (χ3n) is 6.66. The van der Waals surface area contributed by atoms with Crippen LogP contribution in [0.15, 0.2) is 60.9 Å². The molecule has 0 saturated carbocycles. The predicted octanol–water partition coefficient (Wildman–Crippen LogP) is 6.19. The van der Waals surface area contributed by atoms with E-state index in [0.717, 1.165) is 43.8 Å². The molecule has 0 aliphatic carbocycles. The van der Waals surface area contributed by atoms with Crippen LogP contribution in [0.25, 0.3) is 11.5 Å². The topological polar surface area (TPSA) is 73.9 Å². The van der Waals surface area contributed by atoms with Crippen LogP contribution in [0.1, 0.15) is 51.0 Å². The molecule has 6 nitrogen and oxygen atoms in total. The van der Waals surface area contributed by atoms with Crippen LogP contribution < -0.4 is 5.32 Å². The van der Waals surface area contributed by atoms with Crippen LogP contribution >= 0.6 is 0 Å². The van der Waals surface area contributed by atoms with Gasteiger partial charge in [-0.3, -0.25) is 14.7 Å². The van der Waals surface area contributed by atoms with Crippen molar-refractivity contribution in [3.8, 4) is 23.4 Å². The molecule has 5 rings (SSSR count). The Bertz CT molecular complexity index is 1590. The number of nitrogens with zero attached hydrogens (tertiary/aromatic N) is 3. The first-order valence-corrected chi connectivity index (χ1v) is 12.7. The normalized spacial score (nSPS) is 13.6. The monoisotopic (exact) mass is 547 g/mol. The van der Waals surface area contributed by atoms with Gasteiger partial charge in [0.05, 0.1) is 11.8 Å². The number of pyridine rings is 1. The molecule has 4 aromatic rings. The number of imidazole rings is 1. The average Bonchev–Trinajstić information content (AvgIpc) is 3.60. The number of carbonyl (C=O) groups excluding carboxylic acids is 1. The highest BCUT2D eigenvalue weighted by atomic mass is 19.4. The van der Waals surface area contributed by atoms with E-state index in [1.54, 1.807) is 30.3 Å². The fraction of sp³-hybridized carbons (Fsp3) is 0.233. The number of H-pyrrole nitrogens is 1. The van der Waals surface area contributed by atoms with Crippen molar-refractivity contribution < 1.29 is 22.4 Å². The van der Waals surface area contributed by atoms with Gasteiger partial charge in [0.15, 0.2) is 5.82 Å². The number of halogens is 4. The van der Waals surface area contributed by atoms with E-state index in [0.29, 0.717) is 22.6 Å². The lowest BCUT2D eigenvalue weighted by Gasteiger charge is -2.20. The van der Waals surface area contributed by atoms with Crippen molar-refractivity contribution in [1.29, 1.82) is 0 Å². The minimum atomic E-state index is -4.54. The summed E-state index contributed by atoms with van der Waals surface area (Å²) in [5.41, 5.74) is 2.24. The molecule has 1 fully saturated rings. The minimum Gasteiger partial charge on any atom is -0.322 e. The molecule has 0 atom stereocenters. The summed E-state index contributed by atoms with van der Waals surface area (Å²) in [5.74, 6) is 5.20. The molecule has 1 aliphatic heterocycles. The molecule has 1 aliphatic rings. The van der Waals surface area contributed by atoms with Crippen LogP contribution in [0.3, 0.4) is 0 Å². The maximum atomic E-state index is 13.8. The second-order valence-electron chi connectivity index (χ2n) is 9.60. The van der Waals surface area contributed by atoms with Gasteiger partial charge in [0.1, 0.15) is 5.69 Å². The molecule has 3 heterocycles. The van der Waals surface area contributed by atoms with Crippen molar-refractivity contribution in [2.75, 3.05) is 18.4 Å². The Balaban J connectivity index is 1.32. The second-order valence-corrected chi connectivity index (χ2v) is 9.60. The summed E-state index contributed by atoms with van der Waals surface area (Å²) >= 11 is 0. The van der Waals surface area contributed by atoms with Gasteiger partial charge in [-0.05, 0) is 80.4 Å². The van der Waals surface area contributed by atoms with Crippen LogP contribution in [0, 0.1) is 24.7 Å². The fourth-order valence-electron chi connectivity index (χ4n) is 4.52. The van der Waals surface area contributed by atoms with Crippen LogP contribution in [0.4, 0.5) is 23.2 Å². The van der Waals surface area contributed by atoms with Gasteiger partial charge in [-0.1, -0.05) is 24.0 Å². The average molecular weight is 548 g/mol. The number of benzene rings is 2. The number of anilines is 1. The van der Waals surface area contributed by atoms with Crippen molar-refractivity contribution in [2.24, 2.45) is 0 Å². The Hall–Kier alpha value is -4.49. The Morgan fingerprint density at radius 1 is 1.02 bits per heavy atom. The van der Waals surface area contributed by atoms with E-state index in [1.807, 2.05) is 11.8 Å². The number of hydrogen-bond donors (Lipinski definition) is 2. The van der Waals surface area contributed by atoms with Gasteiger partial charge in [-0.25, -0.2) is 4.98 Å². The van der Waals surface area contributed by atoms with Gasteiger partial charge >= 0.3 is 6.18 Å². The molecule has 0 unspecified atom stereocenters. The van der Waals surface area contributed by atoms with E-state index in [9.17, 15) is 22.4 Å². The quantitative estimate of drug-likeness (QED) is 0.231. The molecule has 0 radical (unpaired) electrons. The Morgan fingerprint density at radius 2 is 1.82 bits per heavy atom. The van der Waals surface area contributed by atoms with E-state index in [4.69, 9.17) is 0 Å². The highest BCUT2D eigenvalue weighted by Gasteiger charge is 2.34. The van der Waals surface area contributed by atoms with E-state index >= 15 is 0 Å². The van der Waals surface area contributed by atoms with Gasteiger partial charge in [0.2, 0.25) is 5.95 Å². The van der Waals surface area contributed by atoms with Gasteiger partial charge < -0.3 is 10.3 Å². The number of amides is 1. The maximum Gasteiger partial charge on any atom is 0.416 e. The third kappa shape index (κ3) is 6.38. The first kappa shape index (κ1) is 27.1. The summed E-state index contributed by atoms with van der Waals surface area (Å²) in [6.45, 7) is 3.63. The molecular weight excluding hydrogens is 522 g/mol. The summed E-state index contributed by atoms with van der Waals surface area (Å²) < 4.78 is 54.6. The first-order valence-electron chi connectivity index (χ1n) is 12.7. The molecule has 0 spiro atoms. The minimum absolute atomic E-state index is 0.0679. The Kier molecular flexibility index (Phi) is 7.67. The zero-order chi connectivity index (χ0) is 28.3. The Morgan fingerprint density at radius 3 is 2.50 bits per heavy atom.